The maximum atomic E-state index is 10.2. The van der Waals surface area contributed by atoms with Crippen molar-refractivity contribution in [1.29, 1.82) is 0 Å². The van der Waals surface area contributed by atoms with Crippen LogP contribution in [0.2, 0.25) is 0 Å². The molecule has 0 aromatic heterocycles. The fourth-order valence-corrected chi connectivity index (χ4v) is 0.567. The molecule has 0 unspecified atom stereocenters. The number of carboxylic acid groups (broad SMARTS) is 2. The fraction of sp³-hybridized carbons (Fsp3) is 0.429. The monoisotopic (exact) mass is 158 g/mol. The molecule has 0 aliphatic heterocycles. The van der Waals surface area contributed by atoms with Crippen LogP contribution in [0.25, 0.3) is 0 Å². The van der Waals surface area contributed by atoms with Crippen molar-refractivity contribution in [2.45, 2.75) is 13.8 Å². The number of hydrogen-bond acceptors (Lipinski definition) is 2. The highest BCUT2D eigenvalue weighted by molar-refractivity contribution is 6.12. The van der Waals surface area contributed by atoms with Crippen LogP contribution in [0.15, 0.2) is 11.6 Å². The Morgan fingerprint density at radius 2 is 1.55 bits per heavy atom. The molecular formula is C7H10O4. The van der Waals surface area contributed by atoms with Gasteiger partial charge in [0.1, 0.15) is 5.57 Å². The Hall–Kier alpha value is -1.32. The van der Waals surface area contributed by atoms with E-state index in [1.165, 1.54) is 6.08 Å². The molecule has 11 heavy (non-hydrogen) atoms. The van der Waals surface area contributed by atoms with Crippen LogP contribution in [0, 0.1) is 5.92 Å². The van der Waals surface area contributed by atoms with E-state index in [4.69, 9.17) is 10.2 Å². The van der Waals surface area contributed by atoms with Gasteiger partial charge in [0, 0.05) is 0 Å². The molecule has 2 N–H and O–H groups in total. The lowest BCUT2D eigenvalue weighted by atomic mass is 10.1. The molecule has 0 rings (SSSR count). The zero-order chi connectivity index (χ0) is 9.02. The Bertz CT molecular complexity index is 186. The normalized spacial score (nSPS) is 9.36. The van der Waals surface area contributed by atoms with Gasteiger partial charge < -0.3 is 10.2 Å². The van der Waals surface area contributed by atoms with E-state index >= 15 is 0 Å². The van der Waals surface area contributed by atoms with Crippen molar-refractivity contribution in [2.24, 2.45) is 5.92 Å². The van der Waals surface area contributed by atoms with Crippen molar-refractivity contribution in [1.82, 2.24) is 0 Å². The van der Waals surface area contributed by atoms with E-state index in [1.54, 1.807) is 13.8 Å². The topological polar surface area (TPSA) is 74.6 Å². The molecule has 0 aliphatic carbocycles. The Labute approximate surface area is 64.2 Å². The van der Waals surface area contributed by atoms with E-state index < -0.39 is 17.5 Å². The highest BCUT2D eigenvalue weighted by Crippen LogP contribution is 2.02. The highest BCUT2D eigenvalue weighted by atomic mass is 16.4. The Kier molecular flexibility index (Phi) is 3.30. The molecule has 4 heteroatoms. The quantitative estimate of drug-likeness (QED) is 0.361. The zero-order valence-corrected chi connectivity index (χ0v) is 6.37. The molecular weight excluding hydrogens is 148 g/mol. The summed E-state index contributed by atoms with van der Waals surface area (Å²) in [6.45, 7) is 3.43. The van der Waals surface area contributed by atoms with Gasteiger partial charge in [-0.3, -0.25) is 0 Å². The molecule has 0 radical (unpaired) electrons. The summed E-state index contributed by atoms with van der Waals surface area (Å²) in [6.07, 6.45) is 1.20. The van der Waals surface area contributed by atoms with Crippen LogP contribution in [-0.4, -0.2) is 22.2 Å². The zero-order valence-electron chi connectivity index (χ0n) is 6.37. The van der Waals surface area contributed by atoms with Gasteiger partial charge in [-0.2, -0.15) is 0 Å². The summed E-state index contributed by atoms with van der Waals surface area (Å²) in [6, 6.07) is 0. The third kappa shape index (κ3) is 3.40. The summed E-state index contributed by atoms with van der Waals surface area (Å²) in [7, 11) is 0. The molecule has 0 spiro atoms. The summed E-state index contributed by atoms with van der Waals surface area (Å²) >= 11 is 0. The third-order valence-electron chi connectivity index (χ3n) is 0.961. The van der Waals surface area contributed by atoms with E-state index in [2.05, 4.69) is 0 Å². The Morgan fingerprint density at radius 1 is 1.18 bits per heavy atom. The predicted molar refractivity (Wildman–Crippen MR) is 38.2 cm³/mol. The van der Waals surface area contributed by atoms with Gasteiger partial charge in [0.05, 0.1) is 0 Å². The van der Waals surface area contributed by atoms with Gasteiger partial charge >= 0.3 is 11.9 Å². The molecule has 0 aliphatic rings. The average Bonchev–Trinajstić information content (AvgIpc) is 1.81. The smallest absolute Gasteiger partial charge is 0.342 e. The van der Waals surface area contributed by atoms with Crippen molar-refractivity contribution in [2.75, 3.05) is 0 Å². The van der Waals surface area contributed by atoms with E-state index in [1.807, 2.05) is 0 Å². The lowest BCUT2D eigenvalue weighted by molar-refractivity contribution is -0.140. The molecule has 62 valence electrons. The van der Waals surface area contributed by atoms with Gasteiger partial charge in [0.15, 0.2) is 0 Å². The molecule has 0 bridgehead atoms. The second-order valence-corrected chi connectivity index (χ2v) is 2.43. The van der Waals surface area contributed by atoms with E-state index in [-0.39, 0.29) is 5.92 Å². The van der Waals surface area contributed by atoms with Gasteiger partial charge in [-0.05, 0) is 5.92 Å². The van der Waals surface area contributed by atoms with Crippen LogP contribution in [-0.2, 0) is 9.59 Å². The van der Waals surface area contributed by atoms with Gasteiger partial charge in [-0.1, -0.05) is 19.9 Å². The Morgan fingerprint density at radius 3 is 1.64 bits per heavy atom. The molecule has 4 nitrogen and oxygen atoms in total. The van der Waals surface area contributed by atoms with E-state index in [0.717, 1.165) is 0 Å². The minimum Gasteiger partial charge on any atom is -0.477 e. The SMILES string of the molecule is CC(C)C=C(C(=O)O)C(=O)O. The molecule has 0 aromatic carbocycles. The lowest BCUT2D eigenvalue weighted by Gasteiger charge is -1.97. The van der Waals surface area contributed by atoms with Crippen LogP contribution in [0.1, 0.15) is 13.8 Å². The standard InChI is InChI=1S/C7H10O4/c1-4(2)3-5(6(8)9)7(10)11/h3-4H,1-2H3,(H,8,9)(H,10,11). The largest absolute Gasteiger partial charge is 0.477 e. The highest BCUT2D eigenvalue weighted by Gasteiger charge is 2.15. The summed E-state index contributed by atoms with van der Waals surface area (Å²) in [5, 5.41) is 16.7. The van der Waals surface area contributed by atoms with Crippen LogP contribution in [0.3, 0.4) is 0 Å². The van der Waals surface area contributed by atoms with Gasteiger partial charge in [0.25, 0.3) is 0 Å². The van der Waals surface area contributed by atoms with Gasteiger partial charge in [-0.25, -0.2) is 9.59 Å². The van der Waals surface area contributed by atoms with E-state index in [0.29, 0.717) is 0 Å². The summed E-state index contributed by atoms with van der Waals surface area (Å²) < 4.78 is 0. The molecule has 0 heterocycles. The lowest BCUT2D eigenvalue weighted by Crippen LogP contribution is -2.12. The van der Waals surface area contributed by atoms with E-state index in [9.17, 15) is 9.59 Å². The molecule has 0 saturated carbocycles. The number of carbonyl (C=O) groups is 2. The average molecular weight is 158 g/mol. The van der Waals surface area contributed by atoms with Crippen LogP contribution in [0.4, 0.5) is 0 Å². The third-order valence-corrected chi connectivity index (χ3v) is 0.961. The van der Waals surface area contributed by atoms with Crippen LogP contribution >= 0.6 is 0 Å². The van der Waals surface area contributed by atoms with Crippen molar-refractivity contribution < 1.29 is 19.8 Å². The molecule has 0 atom stereocenters. The summed E-state index contributed by atoms with van der Waals surface area (Å²) in [5.74, 6) is -2.87. The number of carboxylic acids is 2. The van der Waals surface area contributed by atoms with Crippen molar-refractivity contribution in [3.63, 3.8) is 0 Å². The van der Waals surface area contributed by atoms with Crippen molar-refractivity contribution >= 4 is 11.9 Å². The number of allylic oxidation sites excluding steroid dienone is 1. The second kappa shape index (κ2) is 3.75. The maximum absolute atomic E-state index is 10.2. The first kappa shape index (κ1) is 9.68. The predicted octanol–water partition coefficient (Wildman–Crippen LogP) is 0.738. The maximum Gasteiger partial charge on any atom is 0.342 e. The minimum atomic E-state index is -1.40. The van der Waals surface area contributed by atoms with Crippen molar-refractivity contribution in [3.05, 3.63) is 11.6 Å². The second-order valence-electron chi connectivity index (χ2n) is 2.43. The number of aliphatic carboxylic acids is 2. The first-order valence-corrected chi connectivity index (χ1v) is 3.13. The summed E-state index contributed by atoms with van der Waals surface area (Å²) in [5.41, 5.74) is -0.569. The fourth-order valence-electron chi connectivity index (χ4n) is 0.567. The van der Waals surface area contributed by atoms with Crippen LogP contribution in [0.5, 0.6) is 0 Å². The van der Waals surface area contributed by atoms with Crippen molar-refractivity contribution in [3.8, 4) is 0 Å². The minimum absolute atomic E-state index is 0.0720. The van der Waals surface area contributed by atoms with Gasteiger partial charge in [0.2, 0.25) is 0 Å². The molecule has 0 aromatic rings. The first-order chi connectivity index (χ1) is 4.95. The van der Waals surface area contributed by atoms with Crippen LogP contribution < -0.4 is 0 Å². The number of rotatable bonds is 3. The Balaban J connectivity index is 4.60. The van der Waals surface area contributed by atoms with Gasteiger partial charge in [-0.15, -0.1) is 0 Å². The number of hydrogen-bond donors (Lipinski definition) is 2. The summed E-state index contributed by atoms with van der Waals surface area (Å²) in [4.78, 5) is 20.5. The molecule has 0 fully saturated rings. The molecule has 0 saturated heterocycles. The molecule has 0 amide bonds. The first-order valence-electron chi connectivity index (χ1n) is 3.13.